The highest BCUT2D eigenvalue weighted by atomic mass is 14.7. The molecular weight excluding hydrogens is 400 g/mol. The molecule has 4 rings (SSSR count). The molecule has 0 radical (unpaired) electrons. The molecule has 0 aliphatic rings. The molecule has 0 atom stereocenters. The van der Waals surface area contributed by atoms with Crippen molar-refractivity contribution >= 4 is 21.8 Å². The number of H-pyrrole nitrogens is 2. The average molecular weight is 451 g/mol. The van der Waals surface area contributed by atoms with E-state index in [4.69, 9.17) is 0 Å². The van der Waals surface area contributed by atoms with Crippen molar-refractivity contribution < 1.29 is 0 Å². The molecule has 2 aromatic heterocycles. The van der Waals surface area contributed by atoms with Gasteiger partial charge in [-0.15, -0.1) is 0 Å². The highest BCUT2D eigenvalue weighted by molar-refractivity contribution is 5.84. The van der Waals surface area contributed by atoms with E-state index < -0.39 is 0 Å². The predicted molar refractivity (Wildman–Crippen MR) is 153 cm³/mol. The maximum absolute atomic E-state index is 3.32. The number of benzene rings is 2. The number of hydrogen-bond donors (Lipinski definition) is 2. The molecule has 0 aliphatic carbocycles. The summed E-state index contributed by atoms with van der Waals surface area (Å²) < 4.78 is 0. The number of aromatic amines is 2. The van der Waals surface area contributed by atoms with Gasteiger partial charge in [-0.2, -0.15) is 0 Å². The van der Waals surface area contributed by atoms with Crippen LogP contribution in [0.2, 0.25) is 0 Å². The summed E-state index contributed by atoms with van der Waals surface area (Å²) in [5.41, 5.74) is 8.22. The van der Waals surface area contributed by atoms with Gasteiger partial charge in [0.15, 0.2) is 0 Å². The van der Waals surface area contributed by atoms with E-state index in [1.807, 2.05) is 53.9 Å². The predicted octanol–water partition coefficient (Wildman–Crippen LogP) is 10.5. The molecule has 33 heavy (non-hydrogen) atoms. The van der Waals surface area contributed by atoms with Crippen LogP contribution < -0.4 is 0 Å². The molecular formula is C31H50N2. The second-order valence-electron chi connectivity index (χ2n) is 8.09. The maximum atomic E-state index is 3.32. The fourth-order valence-corrected chi connectivity index (χ4v) is 3.74. The third-order valence-electron chi connectivity index (χ3n) is 5.24. The molecule has 2 N–H and O–H groups in total. The zero-order chi connectivity index (χ0) is 25.6. The number of aromatic nitrogens is 2. The summed E-state index contributed by atoms with van der Waals surface area (Å²) >= 11 is 0. The first kappa shape index (κ1) is 30.5. The largest absolute Gasteiger partial charge is 0.361 e. The van der Waals surface area contributed by atoms with Crippen LogP contribution in [0.4, 0.5) is 0 Å². The standard InChI is InChI=1S/C13H17N.C12H15N.3C2H6/c1-4-10-7-11-5-6-14-13(11)12(8-10)9(2)3;1-8(2)11-7-9(3)6-10-4-5-13-12(10)11;3*1-2/h5-9,14H,4H2,1-3H3;4-8,13H,1-3H3;3*1-2H3. The summed E-state index contributed by atoms with van der Waals surface area (Å²) in [5.74, 6) is 1.17. The van der Waals surface area contributed by atoms with Crippen molar-refractivity contribution in [2.45, 2.75) is 101 Å². The second-order valence-corrected chi connectivity index (χ2v) is 8.09. The molecule has 0 amide bonds. The fourth-order valence-electron chi connectivity index (χ4n) is 3.74. The van der Waals surface area contributed by atoms with E-state index in [-0.39, 0.29) is 0 Å². The number of hydrogen-bond acceptors (Lipinski definition) is 0. The van der Waals surface area contributed by atoms with Gasteiger partial charge < -0.3 is 9.97 Å². The Morgan fingerprint density at radius 3 is 1.48 bits per heavy atom. The minimum atomic E-state index is 0.584. The minimum Gasteiger partial charge on any atom is -0.361 e. The molecule has 0 aliphatic heterocycles. The van der Waals surface area contributed by atoms with E-state index in [0.29, 0.717) is 11.8 Å². The van der Waals surface area contributed by atoms with Crippen LogP contribution in [0.25, 0.3) is 21.8 Å². The Balaban J connectivity index is 0.000000508. The molecule has 184 valence electrons. The van der Waals surface area contributed by atoms with E-state index in [0.717, 1.165) is 6.42 Å². The number of fused-ring (bicyclic) bond motifs is 2. The Kier molecular flexibility index (Phi) is 15.0. The van der Waals surface area contributed by atoms with E-state index >= 15 is 0 Å². The van der Waals surface area contributed by atoms with E-state index in [1.54, 1.807) is 0 Å². The first-order valence-corrected chi connectivity index (χ1v) is 13.1. The zero-order valence-corrected chi connectivity index (χ0v) is 23.5. The molecule has 0 saturated heterocycles. The van der Waals surface area contributed by atoms with Gasteiger partial charge in [-0.25, -0.2) is 0 Å². The van der Waals surface area contributed by atoms with Gasteiger partial charge in [0.05, 0.1) is 0 Å². The summed E-state index contributed by atoms with van der Waals surface area (Å²) in [6.45, 7) is 25.3. The second kappa shape index (κ2) is 16.2. The SMILES string of the molecule is CC.CC.CC.CCc1cc(C(C)C)c2[nH]ccc2c1.Cc1cc(C(C)C)c2[nH]ccc2c1. The summed E-state index contributed by atoms with van der Waals surface area (Å²) in [5, 5.41) is 2.66. The van der Waals surface area contributed by atoms with Crippen LogP contribution in [0.3, 0.4) is 0 Å². The van der Waals surface area contributed by atoms with Crippen molar-refractivity contribution in [1.29, 1.82) is 0 Å². The Bertz CT molecular complexity index is 1030. The van der Waals surface area contributed by atoms with Crippen molar-refractivity contribution in [3.63, 3.8) is 0 Å². The topological polar surface area (TPSA) is 31.6 Å². The Labute approximate surface area is 204 Å². The van der Waals surface area contributed by atoms with Crippen LogP contribution in [0.1, 0.15) is 110 Å². The first-order chi connectivity index (χ1) is 15.9. The maximum Gasteiger partial charge on any atom is 0.0489 e. The van der Waals surface area contributed by atoms with Gasteiger partial charge in [0.1, 0.15) is 0 Å². The molecule has 2 heterocycles. The van der Waals surface area contributed by atoms with E-state index in [1.165, 1.54) is 44.1 Å². The number of aryl methyl sites for hydroxylation is 2. The summed E-state index contributed by atoms with van der Waals surface area (Å²) in [7, 11) is 0. The van der Waals surface area contributed by atoms with Crippen LogP contribution >= 0.6 is 0 Å². The molecule has 2 nitrogen and oxygen atoms in total. The summed E-state index contributed by atoms with van der Waals surface area (Å²) in [6.07, 6.45) is 5.15. The monoisotopic (exact) mass is 450 g/mol. The van der Waals surface area contributed by atoms with Crippen molar-refractivity contribution in [2.75, 3.05) is 0 Å². The lowest BCUT2D eigenvalue weighted by atomic mass is 9.97. The lowest BCUT2D eigenvalue weighted by Crippen LogP contribution is -1.92. The van der Waals surface area contributed by atoms with Gasteiger partial charge in [-0.05, 0) is 76.9 Å². The third-order valence-corrected chi connectivity index (χ3v) is 5.24. The minimum absolute atomic E-state index is 0.584. The number of nitrogens with one attached hydrogen (secondary N) is 2. The first-order valence-electron chi connectivity index (χ1n) is 13.1. The molecule has 0 spiro atoms. The van der Waals surface area contributed by atoms with Gasteiger partial charge in [0, 0.05) is 23.4 Å². The van der Waals surface area contributed by atoms with Crippen LogP contribution in [-0.4, -0.2) is 9.97 Å². The van der Waals surface area contributed by atoms with Crippen LogP contribution in [0.15, 0.2) is 48.8 Å². The molecule has 0 fully saturated rings. The van der Waals surface area contributed by atoms with Gasteiger partial charge in [-0.3, -0.25) is 0 Å². The molecule has 4 aromatic rings. The normalized spacial score (nSPS) is 9.88. The van der Waals surface area contributed by atoms with Crippen molar-refractivity contribution in [3.05, 3.63) is 71.0 Å². The average Bonchev–Trinajstić information content (AvgIpc) is 3.51. The highest BCUT2D eigenvalue weighted by Gasteiger charge is 2.08. The van der Waals surface area contributed by atoms with Gasteiger partial charge in [0.2, 0.25) is 0 Å². The summed E-state index contributed by atoms with van der Waals surface area (Å²) in [6, 6.07) is 13.4. The van der Waals surface area contributed by atoms with Crippen LogP contribution in [0.5, 0.6) is 0 Å². The Hall–Kier alpha value is -2.48. The number of rotatable bonds is 3. The van der Waals surface area contributed by atoms with E-state index in [9.17, 15) is 0 Å². The molecule has 0 unspecified atom stereocenters. The molecule has 0 saturated carbocycles. The van der Waals surface area contributed by atoms with Gasteiger partial charge in [-0.1, -0.05) is 93.9 Å². The van der Waals surface area contributed by atoms with Crippen molar-refractivity contribution in [3.8, 4) is 0 Å². The molecule has 0 bridgehead atoms. The van der Waals surface area contributed by atoms with Crippen LogP contribution in [0, 0.1) is 6.92 Å². The van der Waals surface area contributed by atoms with Crippen molar-refractivity contribution in [2.24, 2.45) is 0 Å². The van der Waals surface area contributed by atoms with Gasteiger partial charge in [0.25, 0.3) is 0 Å². The lowest BCUT2D eigenvalue weighted by molar-refractivity contribution is 0.870. The summed E-state index contributed by atoms with van der Waals surface area (Å²) in [4.78, 5) is 6.62. The fraction of sp³-hybridized carbons (Fsp3) is 0.484. The van der Waals surface area contributed by atoms with Crippen molar-refractivity contribution in [1.82, 2.24) is 9.97 Å². The smallest absolute Gasteiger partial charge is 0.0489 e. The highest BCUT2D eigenvalue weighted by Crippen LogP contribution is 2.27. The third kappa shape index (κ3) is 8.42. The van der Waals surface area contributed by atoms with Crippen LogP contribution in [-0.2, 0) is 6.42 Å². The lowest BCUT2D eigenvalue weighted by Gasteiger charge is -2.09. The Morgan fingerprint density at radius 2 is 1.06 bits per heavy atom. The van der Waals surface area contributed by atoms with Gasteiger partial charge >= 0.3 is 0 Å². The van der Waals surface area contributed by atoms with E-state index in [2.05, 4.69) is 87.9 Å². The quantitative estimate of drug-likeness (QED) is 0.311. The Morgan fingerprint density at radius 1 is 0.636 bits per heavy atom. The zero-order valence-electron chi connectivity index (χ0n) is 23.5. The molecule has 2 heteroatoms. The molecule has 2 aromatic carbocycles.